The Balaban J connectivity index is 2.14. The number of aromatic nitrogens is 1. The van der Waals surface area contributed by atoms with Crippen LogP contribution in [0.2, 0.25) is 0 Å². The maximum absolute atomic E-state index is 5.13. The molecular formula is C9H14N2S2. The highest BCUT2D eigenvalue weighted by atomic mass is 32.1. The summed E-state index contributed by atoms with van der Waals surface area (Å²) in [4.78, 5) is 7.22. The molecule has 72 valence electrons. The van der Waals surface area contributed by atoms with Crippen LogP contribution in [-0.2, 0) is 13.0 Å². The molecule has 1 aliphatic heterocycles. The number of aromatic amines is 1. The number of rotatable bonds is 2. The lowest BCUT2D eigenvalue weighted by molar-refractivity contribution is 0.256. The molecule has 0 atom stereocenters. The van der Waals surface area contributed by atoms with E-state index >= 15 is 0 Å². The smallest absolute Gasteiger partial charge is 0.158 e. The van der Waals surface area contributed by atoms with Crippen molar-refractivity contribution in [3.05, 3.63) is 14.5 Å². The van der Waals surface area contributed by atoms with E-state index in [9.17, 15) is 0 Å². The van der Waals surface area contributed by atoms with Crippen LogP contribution in [-0.4, -0.2) is 23.0 Å². The van der Waals surface area contributed by atoms with Crippen molar-refractivity contribution in [2.24, 2.45) is 0 Å². The SMILES string of the molecule is CCCN1CCc2[nH]c(=S)sc2C1. The van der Waals surface area contributed by atoms with Crippen molar-refractivity contribution in [2.45, 2.75) is 26.3 Å². The summed E-state index contributed by atoms with van der Waals surface area (Å²) < 4.78 is 0.934. The van der Waals surface area contributed by atoms with Gasteiger partial charge in [-0.3, -0.25) is 4.90 Å². The third-order valence-corrected chi connectivity index (χ3v) is 3.65. The highest BCUT2D eigenvalue weighted by Crippen LogP contribution is 2.22. The van der Waals surface area contributed by atoms with Crippen molar-refractivity contribution < 1.29 is 0 Å². The summed E-state index contributed by atoms with van der Waals surface area (Å²) in [6, 6.07) is 0. The van der Waals surface area contributed by atoms with Crippen LogP contribution < -0.4 is 0 Å². The van der Waals surface area contributed by atoms with Gasteiger partial charge in [-0.2, -0.15) is 0 Å². The van der Waals surface area contributed by atoms with Crippen molar-refractivity contribution in [3.8, 4) is 0 Å². The standard InChI is InChI=1S/C9H14N2S2/c1-2-4-11-5-3-7-8(6-11)13-9(12)10-7/h2-6H2,1H3,(H,10,12). The van der Waals surface area contributed by atoms with Gasteiger partial charge < -0.3 is 4.98 Å². The summed E-state index contributed by atoms with van der Waals surface area (Å²) in [5.41, 5.74) is 1.38. The number of nitrogens with zero attached hydrogens (tertiary/aromatic N) is 1. The molecule has 1 N–H and O–H groups in total. The molecule has 2 nitrogen and oxygen atoms in total. The summed E-state index contributed by atoms with van der Waals surface area (Å²) in [6.45, 7) is 5.72. The largest absolute Gasteiger partial charge is 0.341 e. The first-order chi connectivity index (χ1) is 6.29. The highest BCUT2D eigenvalue weighted by molar-refractivity contribution is 7.73. The predicted molar refractivity (Wildman–Crippen MR) is 58.8 cm³/mol. The van der Waals surface area contributed by atoms with Crippen LogP contribution in [0.4, 0.5) is 0 Å². The summed E-state index contributed by atoms with van der Waals surface area (Å²) in [7, 11) is 0. The lowest BCUT2D eigenvalue weighted by atomic mass is 10.2. The first kappa shape index (κ1) is 9.37. The Morgan fingerprint density at radius 3 is 3.23 bits per heavy atom. The molecule has 0 fully saturated rings. The van der Waals surface area contributed by atoms with E-state index in [4.69, 9.17) is 12.2 Å². The Morgan fingerprint density at radius 1 is 1.62 bits per heavy atom. The molecule has 13 heavy (non-hydrogen) atoms. The van der Waals surface area contributed by atoms with Gasteiger partial charge in [-0.15, -0.1) is 11.3 Å². The molecule has 0 radical (unpaired) electrons. The second-order valence-electron chi connectivity index (χ2n) is 3.44. The molecule has 1 aromatic rings. The second kappa shape index (κ2) is 3.90. The Hall–Kier alpha value is -0.190. The molecule has 0 unspecified atom stereocenters. The van der Waals surface area contributed by atoms with E-state index < -0.39 is 0 Å². The number of hydrogen-bond acceptors (Lipinski definition) is 3. The normalized spacial score (nSPS) is 17.3. The molecule has 1 aromatic heterocycles. The summed E-state index contributed by atoms with van der Waals surface area (Å²) >= 11 is 6.87. The topological polar surface area (TPSA) is 19.0 Å². The fraction of sp³-hybridized carbons (Fsp3) is 0.667. The first-order valence-electron chi connectivity index (χ1n) is 4.73. The molecule has 1 aliphatic rings. The fourth-order valence-electron chi connectivity index (χ4n) is 1.78. The molecule has 0 aromatic carbocycles. The number of hydrogen-bond donors (Lipinski definition) is 1. The van der Waals surface area contributed by atoms with E-state index in [0.717, 1.165) is 16.9 Å². The zero-order chi connectivity index (χ0) is 9.26. The highest BCUT2D eigenvalue weighted by Gasteiger charge is 2.17. The Kier molecular flexibility index (Phi) is 2.81. The fourth-order valence-corrected chi connectivity index (χ4v) is 3.13. The number of nitrogens with one attached hydrogen (secondary N) is 1. The van der Waals surface area contributed by atoms with Crippen LogP contribution in [0.25, 0.3) is 0 Å². The van der Waals surface area contributed by atoms with Crippen molar-refractivity contribution >= 4 is 23.6 Å². The summed E-state index contributed by atoms with van der Waals surface area (Å²) in [6.07, 6.45) is 2.38. The van der Waals surface area contributed by atoms with Gasteiger partial charge in [-0.25, -0.2) is 0 Å². The van der Waals surface area contributed by atoms with Crippen molar-refractivity contribution in [1.29, 1.82) is 0 Å². The minimum absolute atomic E-state index is 0.934. The average Bonchev–Trinajstić information content (AvgIpc) is 2.44. The summed E-state index contributed by atoms with van der Waals surface area (Å²) in [5, 5.41) is 0. The van der Waals surface area contributed by atoms with Crippen molar-refractivity contribution in [1.82, 2.24) is 9.88 Å². The molecule has 4 heteroatoms. The number of H-pyrrole nitrogens is 1. The quantitative estimate of drug-likeness (QED) is 0.763. The van der Waals surface area contributed by atoms with E-state index in [2.05, 4.69) is 16.8 Å². The molecule has 2 rings (SSSR count). The van der Waals surface area contributed by atoms with Gasteiger partial charge >= 0.3 is 0 Å². The molecule has 0 amide bonds. The minimum atomic E-state index is 0.934. The third kappa shape index (κ3) is 2.00. The van der Waals surface area contributed by atoms with Crippen molar-refractivity contribution in [3.63, 3.8) is 0 Å². The van der Waals surface area contributed by atoms with Gasteiger partial charge in [0.15, 0.2) is 3.95 Å². The van der Waals surface area contributed by atoms with Gasteiger partial charge in [0, 0.05) is 30.1 Å². The monoisotopic (exact) mass is 214 g/mol. The van der Waals surface area contributed by atoms with E-state index in [0.29, 0.717) is 0 Å². The maximum Gasteiger partial charge on any atom is 0.158 e. The van der Waals surface area contributed by atoms with Gasteiger partial charge in [-0.05, 0) is 25.2 Å². The lowest BCUT2D eigenvalue weighted by Crippen LogP contribution is -2.30. The van der Waals surface area contributed by atoms with E-state index in [1.54, 1.807) is 11.3 Å². The van der Waals surface area contributed by atoms with Gasteiger partial charge in [-0.1, -0.05) is 6.92 Å². The Bertz CT molecular complexity index is 340. The molecular weight excluding hydrogens is 200 g/mol. The molecule has 2 heterocycles. The van der Waals surface area contributed by atoms with E-state index in [-0.39, 0.29) is 0 Å². The van der Waals surface area contributed by atoms with Gasteiger partial charge in [0.25, 0.3) is 0 Å². The number of thiazole rings is 1. The molecule has 0 saturated carbocycles. The van der Waals surface area contributed by atoms with Gasteiger partial charge in [0.1, 0.15) is 0 Å². The zero-order valence-corrected chi connectivity index (χ0v) is 9.43. The average molecular weight is 214 g/mol. The maximum atomic E-state index is 5.13. The minimum Gasteiger partial charge on any atom is -0.341 e. The predicted octanol–water partition coefficient (Wildman–Crippen LogP) is 2.57. The van der Waals surface area contributed by atoms with Crippen LogP contribution in [0.15, 0.2) is 0 Å². The summed E-state index contributed by atoms with van der Waals surface area (Å²) in [5.74, 6) is 0. The van der Waals surface area contributed by atoms with Crippen LogP contribution >= 0.6 is 23.6 Å². The molecule has 0 saturated heterocycles. The van der Waals surface area contributed by atoms with Crippen molar-refractivity contribution in [2.75, 3.05) is 13.1 Å². The molecule has 0 bridgehead atoms. The number of fused-ring (bicyclic) bond motifs is 1. The molecule has 0 spiro atoms. The first-order valence-corrected chi connectivity index (χ1v) is 5.95. The Morgan fingerprint density at radius 2 is 2.46 bits per heavy atom. The van der Waals surface area contributed by atoms with E-state index in [1.807, 2.05) is 0 Å². The molecule has 0 aliphatic carbocycles. The Labute approximate surface area is 87.6 Å². The second-order valence-corrected chi connectivity index (χ2v) is 5.21. The van der Waals surface area contributed by atoms with Crippen LogP contribution in [0.5, 0.6) is 0 Å². The van der Waals surface area contributed by atoms with Gasteiger partial charge in [0.05, 0.1) is 0 Å². The lowest BCUT2D eigenvalue weighted by Gasteiger charge is -2.25. The third-order valence-electron chi connectivity index (χ3n) is 2.39. The van der Waals surface area contributed by atoms with Crippen LogP contribution in [0.1, 0.15) is 23.9 Å². The zero-order valence-electron chi connectivity index (χ0n) is 7.80. The van der Waals surface area contributed by atoms with E-state index in [1.165, 1.54) is 30.1 Å². The van der Waals surface area contributed by atoms with Gasteiger partial charge in [0.2, 0.25) is 0 Å². The van der Waals surface area contributed by atoms with Crippen LogP contribution in [0.3, 0.4) is 0 Å². The van der Waals surface area contributed by atoms with Crippen LogP contribution in [0, 0.1) is 3.95 Å².